The van der Waals surface area contributed by atoms with Crippen molar-refractivity contribution in [2.75, 3.05) is 0 Å². The van der Waals surface area contributed by atoms with Crippen LogP contribution in [0.5, 0.6) is 0 Å². The summed E-state index contributed by atoms with van der Waals surface area (Å²) in [6.07, 6.45) is 1.76. The van der Waals surface area contributed by atoms with E-state index in [9.17, 15) is 19.7 Å². The van der Waals surface area contributed by atoms with Gasteiger partial charge in [-0.05, 0) is 12.2 Å². The number of allylic oxidation sites excluding steroid dienone is 1. The van der Waals surface area contributed by atoms with Gasteiger partial charge in [0.05, 0.1) is 0 Å². The Labute approximate surface area is 66.5 Å². The summed E-state index contributed by atoms with van der Waals surface area (Å²) < 4.78 is 0. The zero-order valence-corrected chi connectivity index (χ0v) is 5.81. The van der Waals surface area contributed by atoms with Crippen LogP contribution in [-0.4, -0.2) is 28.2 Å². The third-order valence-electron chi connectivity index (χ3n) is 1.42. The van der Waals surface area contributed by atoms with E-state index >= 15 is 0 Å². The second-order valence-electron chi connectivity index (χ2n) is 2.20. The van der Waals surface area contributed by atoms with Crippen LogP contribution >= 0.6 is 0 Å². The number of nitro groups is 1. The van der Waals surface area contributed by atoms with E-state index in [0.29, 0.717) is 0 Å². The highest BCUT2D eigenvalue weighted by Crippen LogP contribution is 2.04. The van der Waals surface area contributed by atoms with Crippen molar-refractivity contribution in [3.8, 4) is 0 Å². The first kappa shape index (κ1) is 8.25. The van der Waals surface area contributed by atoms with Crippen LogP contribution in [-0.2, 0) is 9.59 Å². The molecule has 0 aromatic rings. The molecule has 0 heterocycles. The number of carbonyl (C=O) groups excluding carboxylic acids is 2. The van der Waals surface area contributed by atoms with Crippen molar-refractivity contribution in [1.29, 1.82) is 5.41 Å². The monoisotopic (exact) mass is 168 g/mol. The van der Waals surface area contributed by atoms with Gasteiger partial charge in [-0.15, -0.1) is 0 Å². The number of carbonyl (C=O) groups is 2. The third-order valence-corrected chi connectivity index (χ3v) is 1.42. The Morgan fingerprint density at radius 3 is 2.58 bits per heavy atom. The van der Waals surface area contributed by atoms with Gasteiger partial charge >= 0.3 is 0 Å². The molecule has 62 valence electrons. The molecule has 1 atom stereocenters. The van der Waals surface area contributed by atoms with Gasteiger partial charge in [0.25, 0.3) is 11.8 Å². The number of nitrogens with zero attached hydrogens (tertiary/aromatic N) is 1. The van der Waals surface area contributed by atoms with E-state index in [1.807, 2.05) is 0 Å². The average molecular weight is 168 g/mol. The molecule has 6 heteroatoms. The molecule has 0 radical (unpaired) electrons. The normalized spacial score (nSPS) is 23.0. The van der Waals surface area contributed by atoms with Crippen LogP contribution in [0.25, 0.3) is 0 Å². The van der Waals surface area contributed by atoms with Crippen LogP contribution < -0.4 is 0 Å². The highest BCUT2D eigenvalue weighted by molar-refractivity contribution is 6.68. The fraction of sp³-hybridized carbons (Fsp3) is 0.167. The minimum atomic E-state index is -1.46. The first-order chi connectivity index (χ1) is 5.54. The lowest BCUT2D eigenvalue weighted by molar-refractivity contribution is -0.490. The molecule has 0 bridgehead atoms. The Kier molecular flexibility index (Phi) is 1.82. The number of nitrogens with one attached hydrogen (secondary N) is 1. The number of ketones is 2. The quantitative estimate of drug-likeness (QED) is 0.319. The number of hydrogen-bond acceptors (Lipinski definition) is 5. The maximum Gasteiger partial charge on any atom is 0.276 e. The van der Waals surface area contributed by atoms with E-state index in [1.165, 1.54) is 0 Å². The highest BCUT2D eigenvalue weighted by Gasteiger charge is 2.35. The van der Waals surface area contributed by atoms with E-state index in [2.05, 4.69) is 0 Å². The van der Waals surface area contributed by atoms with Gasteiger partial charge in [0.1, 0.15) is 0 Å². The predicted octanol–water partition coefficient (Wildman–Crippen LogP) is -0.641. The summed E-state index contributed by atoms with van der Waals surface area (Å²) in [5, 5.41) is 17.1. The van der Waals surface area contributed by atoms with Crippen LogP contribution in [0.1, 0.15) is 0 Å². The molecule has 1 rings (SSSR count). The summed E-state index contributed by atoms with van der Waals surface area (Å²) in [6.45, 7) is 0. The summed E-state index contributed by atoms with van der Waals surface area (Å²) in [4.78, 5) is 30.7. The summed E-state index contributed by atoms with van der Waals surface area (Å²) in [7, 11) is 0. The molecular formula is C6H4N2O4. The molecule has 0 amide bonds. The van der Waals surface area contributed by atoms with Crippen molar-refractivity contribution < 1.29 is 14.5 Å². The van der Waals surface area contributed by atoms with Crippen molar-refractivity contribution in [3.05, 3.63) is 22.3 Å². The van der Waals surface area contributed by atoms with Crippen LogP contribution in [0, 0.1) is 15.5 Å². The first-order valence-electron chi connectivity index (χ1n) is 3.03. The van der Waals surface area contributed by atoms with Crippen molar-refractivity contribution in [2.24, 2.45) is 0 Å². The van der Waals surface area contributed by atoms with Crippen LogP contribution in [0.2, 0.25) is 0 Å². The Balaban J connectivity index is 3.04. The molecule has 0 spiro atoms. The lowest BCUT2D eigenvalue weighted by Gasteiger charge is -2.07. The first-order valence-corrected chi connectivity index (χ1v) is 3.03. The maximum atomic E-state index is 10.7. The van der Waals surface area contributed by atoms with Gasteiger partial charge in [0.2, 0.25) is 5.78 Å². The molecular weight excluding hydrogens is 164 g/mol. The number of rotatable bonds is 1. The predicted molar refractivity (Wildman–Crippen MR) is 37.7 cm³/mol. The average Bonchev–Trinajstić information content (AvgIpc) is 2.00. The molecule has 1 N–H and O–H groups in total. The van der Waals surface area contributed by atoms with E-state index in [-0.39, 0.29) is 0 Å². The minimum Gasteiger partial charge on any atom is -0.295 e. The van der Waals surface area contributed by atoms with Crippen molar-refractivity contribution >= 4 is 17.3 Å². The van der Waals surface area contributed by atoms with Crippen molar-refractivity contribution in [1.82, 2.24) is 0 Å². The lowest BCUT2D eigenvalue weighted by atomic mass is 9.99. The molecule has 1 aliphatic carbocycles. The third kappa shape index (κ3) is 1.14. The van der Waals surface area contributed by atoms with E-state index < -0.39 is 28.2 Å². The van der Waals surface area contributed by atoms with Gasteiger partial charge in [-0.1, -0.05) is 0 Å². The molecule has 6 nitrogen and oxygen atoms in total. The Morgan fingerprint density at radius 2 is 2.08 bits per heavy atom. The van der Waals surface area contributed by atoms with Crippen molar-refractivity contribution in [3.63, 3.8) is 0 Å². The minimum absolute atomic E-state index is 0.771. The summed E-state index contributed by atoms with van der Waals surface area (Å²) in [6, 6.07) is -1.46. The van der Waals surface area contributed by atoms with Crippen molar-refractivity contribution in [2.45, 2.75) is 6.04 Å². The Bertz CT molecular complexity index is 318. The van der Waals surface area contributed by atoms with E-state index in [1.54, 1.807) is 0 Å². The second-order valence-corrected chi connectivity index (χ2v) is 2.20. The molecule has 0 aliphatic heterocycles. The molecule has 0 saturated heterocycles. The fourth-order valence-electron chi connectivity index (χ4n) is 0.793. The smallest absolute Gasteiger partial charge is 0.276 e. The van der Waals surface area contributed by atoms with E-state index in [4.69, 9.17) is 5.41 Å². The molecule has 0 fully saturated rings. The van der Waals surface area contributed by atoms with Crippen LogP contribution in [0.3, 0.4) is 0 Å². The van der Waals surface area contributed by atoms with Gasteiger partial charge in [-0.25, -0.2) is 0 Å². The van der Waals surface area contributed by atoms with Crippen LogP contribution in [0.15, 0.2) is 12.2 Å². The Morgan fingerprint density at radius 1 is 1.50 bits per heavy atom. The largest absolute Gasteiger partial charge is 0.295 e. The molecule has 0 aromatic carbocycles. The van der Waals surface area contributed by atoms with Gasteiger partial charge in [-0.2, -0.15) is 0 Å². The number of Topliss-reactive ketones (excluding diaryl/α,β-unsaturated/α-hetero) is 1. The zero-order chi connectivity index (χ0) is 9.30. The highest BCUT2D eigenvalue weighted by atomic mass is 16.6. The molecule has 1 unspecified atom stereocenters. The van der Waals surface area contributed by atoms with Gasteiger partial charge in [0.15, 0.2) is 5.71 Å². The molecule has 0 aromatic heterocycles. The standard InChI is InChI=1S/C6H4N2O4/c7-5-3(8(11)12)1-2-4(9)6(5)10/h1-3,7H. The van der Waals surface area contributed by atoms with Crippen LogP contribution in [0.4, 0.5) is 0 Å². The van der Waals surface area contributed by atoms with Gasteiger partial charge in [0, 0.05) is 4.92 Å². The fourth-order valence-corrected chi connectivity index (χ4v) is 0.793. The lowest BCUT2D eigenvalue weighted by Crippen LogP contribution is -2.39. The molecule has 1 aliphatic rings. The molecule has 12 heavy (non-hydrogen) atoms. The van der Waals surface area contributed by atoms with Gasteiger partial charge < -0.3 is 0 Å². The summed E-state index contributed by atoms with van der Waals surface area (Å²) in [5.74, 6) is -1.97. The summed E-state index contributed by atoms with van der Waals surface area (Å²) >= 11 is 0. The van der Waals surface area contributed by atoms with E-state index in [0.717, 1.165) is 12.2 Å². The summed E-state index contributed by atoms with van der Waals surface area (Å²) in [5.41, 5.74) is -0.771. The maximum absolute atomic E-state index is 10.7. The number of hydrogen-bond donors (Lipinski definition) is 1. The topological polar surface area (TPSA) is 101 Å². The SMILES string of the molecule is N=C1C(=O)C(=O)C=CC1[N+](=O)[O-]. The Hall–Kier alpha value is -1.85. The zero-order valence-electron chi connectivity index (χ0n) is 5.81. The second kappa shape index (κ2) is 2.65. The molecule has 0 saturated carbocycles. The van der Waals surface area contributed by atoms with Gasteiger partial charge in [-0.3, -0.25) is 25.1 Å².